The Kier molecular flexibility index (Phi) is 3.96. The molecule has 7 heteroatoms. The molecule has 0 bridgehead atoms. The fraction of sp³-hybridized carbons (Fsp3) is 0.417. The number of anilines is 1. The molecular formula is C12H14N2O5. The molecule has 0 aromatic heterocycles. The molecule has 102 valence electrons. The van der Waals surface area contributed by atoms with E-state index < -0.39 is 11.0 Å². The second-order valence-corrected chi connectivity index (χ2v) is 4.13. The number of amides is 1. The number of hydrogen-bond acceptors (Lipinski definition) is 5. The van der Waals surface area contributed by atoms with Crippen molar-refractivity contribution < 1.29 is 19.2 Å². The lowest BCUT2D eigenvalue weighted by Gasteiger charge is -2.13. The zero-order valence-corrected chi connectivity index (χ0v) is 10.4. The number of nitro benzene ring substituents is 1. The first kappa shape index (κ1) is 13.3. The van der Waals surface area contributed by atoms with E-state index in [0.717, 1.165) is 6.42 Å². The van der Waals surface area contributed by atoms with Gasteiger partial charge >= 0.3 is 0 Å². The molecule has 0 saturated carbocycles. The zero-order valence-electron chi connectivity index (χ0n) is 10.4. The number of ether oxygens (including phenoxy) is 2. The van der Waals surface area contributed by atoms with Crippen LogP contribution in [-0.4, -0.2) is 30.7 Å². The van der Waals surface area contributed by atoms with E-state index >= 15 is 0 Å². The molecule has 0 unspecified atom stereocenters. The van der Waals surface area contributed by atoms with Gasteiger partial charge in [-0.05, 0) is 18.9 Å². The van der Waals surface area contributed by atoms with E-state index in [2.05, 4.69) is 5.32 Å². The maximum Gasteiger partial charge on any atom is 0.273 e. The van der Waals surface area contributed by atoms with Crippen LogP contribution >= 0.6 is 0 Å². The summed E-state index contributed by atoms with van der Waals surface area (Å²) in [5.74, 6) is -0.00907. The number of methoxy groups -OCH3 is 1. The molecular weight excluding hydrogens is 252 g/mol. The molecule has 19 heavy (non-hydrogen) atoms. The standard InChI is InChI=1S/C12H14N2O5/c1-18-11-7-8(14(16)17)4-5-9(11)13-12(15)10-3-2-6-19-10/h4-5,7,10H,2-3,6H2,1H3,(H,13,15)/t10-/m1/s1. The molecule has 1 N–H and O–H groups in total. The maximum atomic E-state index is 11.9. The van der Waals surface area contributed by atoms with Gasteiger partial charge < -0.3 is 14.8 Å². The lowest BCUT2D eigenvalue weighted by atomic mass is 10.2. The fourth-order valence-electron chi connectivity index (χ4n) is 1.89. The van der Waals surface area contributed by atoms with Gasteiger partial charge in [-0.3, -0.25) is 14.9 Å². The summed E-state index contributed by atoms with van der Waals surface area (Å²) in [6, 6.07) is 4.03. The molecule has 0 radical (unpaired) electrons. The van der Waals surface area contributed by atoms with Gasteiger partial charge in [-0.1, -0.05) is 0 Å². The van der Waals surface area contributed by atoms with Gasteiger partial charge in [0.25, 0.3) is 11.6 Å². The fourth-order valence-corrected chi connectivity index (χ4v) is 1.89. The van der Waals surface area contributed by atoms with Gasteiger partial charge in [-0.2, -0.15) is 0 Å². The Labute approximate surface area is 109 Å². The summed E-state index contributed by atoms with van der Waals surface area (Å²) in [4.78, 5) is 22.0. The Hall–Kier alpha value is -2.15. The van der Waals surface area contributed by atoms with Crippen molar-refractivity contribution in [3.05, 3.63) is 28.3 Å². The highest BCUT2D eigenvalue weighted by Crippen LogP contribution is 2.29. The third kappa shape index (κ3) is 3.00. The average Bonchev–Trinajstić information content (AvgIpc) is 2.92. The molecule has 1 saturated heterocycles. The number of non-ortho nitro benzene ring substituents is 1. The zero-order chi connectivity index (χ0) is 13.8. The van der Waals surface area contributed by atoms with Crippen LogP contribution in [0.15, 0.2) is 18.2 Å². The van der Waals surface area contributed by atoms with E-state index in [1.54, 1.807) is 0 Å². The Bertz CT molecular complexity index is 497. The number of carbonyl (C=O) groups is 1. The predicted molar refractivity (Wildman–Crippen MR) is 67.3 cm³/mol. The molecule has 1 heterocycles. The summed E-state index contributed by atoms with van der Waals surface area (Å²) in [5.41, 5.74) is 0.306. The molecule has 1 aliphatic heterocycles. The van der Waals surface area contributed by atoms with Crippen molar-refractivity contribution in [2.75, 3.05) is 19.0 Å². The Morgan fingerprint density at radius 1 is 1.58 bits per heavy atom. The van der Waals surface area contributed by atoms with Crippen LogP contribution in [0.4, 0.5) is 11.4 Å². The van der Waals surface area contributed by atoms with Crippen LogP contribution in [0.5, 0.6) is 5.75 Å². The van der Waals surface area contributed by atoms with Gasteiger partial charge in [0.2, 0.25) is 0 Å². The number of nitrogens with one attached hydrogen (secondary N) is 1. The summed E-state index contributed by atoms with van der Waals surface area (Å²) in [6.45, 7) is 0.579. The van der Waals surface area contributed by atoms with Gasteiger partial charge in [-0.25, -0.2) is 0 Å². The molecule has 0 spiro atoms. The van der Waals surface area contributed by atoms with Crippen molar-refractivity contribution in [3.8, 4) is 5.75 Å². The molecule has 2 rings (SSSR count). The molecule has 1 fully saturated rings. The number of nitrogens with zero attached hydrogens (tertiary/aromatic N) is 1. The van der Waals surface area contributed by atoms with E-state index in [1.165, 1.54) is 25.3 Å². The average molecular weight is 266 g/mol. The SMILES string of the molecule is COc1cc([N+](=O)[O-])ccc1NC(=O)[C@H]1CCCO1. The Balaban J connectivity index is 2.15. The minimum Gasteiger partial charge on any atom is -0.494 e. The van der Waals surface area contributed by atoms with Crippen molar-refractivity contribution in [2.45, 2.75) is 18.9 Å². The van der Waals surface area contributed by atoms with Gasteiger partial charge in [-0.15, -0.1) is 0 Å². The predicted octanol–water partition coefficient (Wildman–Crippen LogP) is 1.72. The summed E-state index contributed by atoms with van der Waals surface area (Å²) in [7, 11) is 1.39. The molecule has 1 aromatic carbocycles. The lowest BCUT2D eigenvalue weighted by molar-refractivity contribution is -0.384. The van der Waals surface area contributed by atoms with Gasteiger partial charge in [0.1, 0.15) is 11.9 Å². The van der Waals surface area contributed by atoms with E-state index in [-0.39, 0.29) is 17.3 Å². The summed E-state index contributed by atoms with van der Waals surface area (Å²) in [6.07, 6.45) is 1.08. The van der Waals surface area contributed by atoms with Crippen LogP contribution in [0.1, 0.15) is 12.8 Å². The summed E-state index contributed by atoms with van der Waals surface area (Å²) >= 11 is 0. The maximum absolute atomic E-state index is 11.9. The highest BCUT2D eigenvalue weighted by Gasteiger charge is 2.24. The van der Waals surface area contributed by atoms with Crippen LogP contribution in [0.25, 0.3) is 0 Å². The van der Waals surface area contributed by atoms with Crippen molar-refractivity contribution in [2.24, 2.45) is 0 Å². The number of hydrogen-bond donors (Lipinski definition) is 1. The van der Waals surface area contributed by atoms with Crippen molar-refractivity contribution >= 4 is 17.3 Å². The molecule has 1 atom stereocenters. The minimum atomic E-state index is -0.520. The Morgan fingerprint density at radius 3 is 2.95 bits per heavy atom. The first-order valence-corrected chi connectivity index (χ1v) is 5.86. The number of rotatable bonds is 4. The van der Waals surface area contributed by atoms with Crippen LogP contribution in [0.2, 0.25) is 0 Å². The number of nitro groups is 1. The molecule has 7 nitrogen and oxygen atoms in total. The Morgan fingerprint density at radius 2 is 2.37 bits per heavy atom. The van der Waals surface area contributed by atoms with Crippen LogP contribution in [0, 0.1) is 10.1 Å². The third-order valence-electron chi connectivity index (χ3n) is 2.88. The lowest BCUT2D eigenvalue weighted by Crippen LogP contribution is -2.27. The normalized spacial score (nSPS) is 18.1. The number of carbonyl (C=O) groups excluding carboxylic acids is 1. The smallest absolute Gasteiger partial charge is 0.273 e. The van der Waals surface area contributed by atoms with Crippen LogP contribution in [0.3, 0.4) is 0 Å². The molecule has 0 aliphatic carbocycles. The molecule has 1 amide bonds. The van der Waals surface area contributed by atoms with Gasteiger partial charge in [0, 0.05) is 12.7 Å². The van der Waals surface area contributed by atoms with Gasteiger partial charge in [0.05, 0.1) is 23.8 Å². The van der Waals surface area contributed by atoms with E-state index in [4.69, 9.17) is 9.47 Å². The monoisotopic (exact) mass is 266 g/mol. The molecule has 1 aromatic rings. The van der Waals surface area contributed by atoms with Crippen LogP contribution in [-0.2, 0) is 9.53 Å². The largest absolute Gasteiger partial charge is 0.494 e. The molecule has 1 aliphatic rings. The van der Waals surface area contributed by atoms with E-state index in [9.17, 15) is 14.9 Å². The summed E-state index contributed by atoms with van der Waals surface area (Å²) < 4.78 is 10.3. The quantitative estimate of drug-likeness (QED) is 0.661. The van der Waals surface area contributed by atoms with Crippen molar-refractivity contribution in [3.63, 3.8) is 0 Å². The van der Waals surface area contributed by atoms with E-state index in [1.807, 2.05) is 0 Å². The highest BCUT2D eigenvalue weighted by molar-refractivity contribution is 5.95. The topological polar surface area (TPSA) is 90.7 Å². The second kappa shape index (κ2) is 5.66. The van der Waals surface area contributed by atoms with Crippen LogP contribution < -0.4 is 10.1 Å². The summed E-state index contributed by atoms with van der Waals surface area (Å²) in [5, 5.41) is 13.3. The van der Waals surface area contributed by atoms with Gasteiger partial charge in [0.15, 0.2) is 0 Å². The first-order chi connectivity index (χ1) is 9.11. The van der Waals surface area contributed by atoms with Crippen molar-refractivity contribution in [1.29, 1.82) is 0 Å². The highest BCUT2D eigenvalue weighted by atomic mass is 16.6. The van der Waals surface area contributed by atoms with E-state index in [0.29, 0.717) is 18.7 Å². The first-order valence-electron chi connectivity index (χ1n) is 5.86. The number of benzene rings is 1. The second-order valence-electron chi connectivity index (χ2n) is 4.13. The third-order valence-corrected chi connectivity index (χ3v) is 2.88. The van der Waals surface area contributed by atoms with Crippen molar-refractivity contribution in [1.82, 2.24) is 0 Å². The minimum absolute atomic E-state index is 0.0908.